The monoisotopic (exact) mass is 309 g/mol. The zero-order chi connectivity index (χ0) is 15.3. The van der Waals surface area contributed by atoms with Gasteiger partial charge in [0.15, 0.2) is 0 Å². The third-order valence-corrected chi connectivity index (χ3v) is 4.30. The molecular weight excluding hydrogens is 278 g/mol. The van der Waals surface area contributed by atoms with Gasteiger partial charge < -0.3 is 5.32 Å². The van der Waals surface area contributed by atoms with E-state index in [2.05, 4.69) is 31.3 Å². The van der Waals surface area contributed by atoms with Crippen LogP contribution in [0.2, 0.25) is 5.02 Å². The molecule has 0 bridgehead atoms. The van der Waals surface area contributed by atoms with Gasteiger partial charge >= 0.3 is 0 Å². The van der Waals surface area contributed by atoms with Crippen LogP contribution in [0.25, 0.3) is 0 Å². The second-order valence-electron chi connectivity index (χ2n) is 6.00. The van der Waals surface area contributed by atoms with Crippen molar-refractivity contribution in [2.45, 2.75) is 77.7 Å². The van der Waals surface area contributed by atoms with Crippen LogP contribution in [-0.2, 0) is 6.42 Å². The fourth-order valence-corrected chi connectivity index (χ4v) is 2.94. The van der Waals surface area contributed by atoms with E-state index in [0.717, 1.165) is 18.0 Å². The lowest BCUT2D eigenvalue weighted by molar-refractivity contribution is 0.459. The average Bonchev–Trinajstić information content (AvgIpc) is 2.49. The third-order valence-electron chi connectivity index (χ3n) is 4.04. The van der Waals surface area contributed by atoms with Crippen molar-refractivity contribution in [3.63, 3.8) is 0 Å². The number of hydrogen-bond donors (Lipinski definition) is 1. The van der Waals surface area contributed by atoms with Crippen molar-refractivity contribution >= 4 is 11.6 Å². The predicted octanol–water partition coefficient (Wildman–Crippen LogP) is 6.00. The molecular formula is C19H32ClN. The van der Waals surface area contributed by atoms with Crippen LogP contribution < -0.4 is 5.32 Å². The molecule has 1 N–H and O–H groups in total. The summed E-state index contributed by atoms with van der Waals surface area (Å²) in [4.78, 5) is 0. The highest BCUT2D eigenvalue weighted by molar-refractivity contribution is 6.30. The van der Waals surface area contributed by atoms with Crippen molar-refractivity contribution in [1.29, 1.82) is 0 Å². The molecule has 0 spiro atoms. The summed E-state index contributed by atoms with van der Waals surface area (Å²) in [5, 5.41) is 4.45. The Morgan fingerprint density at radius 3 is 2.14 bits per heavy atom. The molecule has 1 nitrogen and oxygen atoms in total. The Bertz CT molecular complexity index is 347. The van der Waals surface area contributed by atoms with Gasteiger partial charge in [-0.15, -0.1) is 0 Å². The maximum absolute atomic E-state index is 5.95. The molecule has 1 unspecified atom stereocenters. The zero-order valence-electron chi connectivity index (χ0n) is 13.8. The van der Waals surface area contributed by atoms with E-state index < -0.39 is 0 Å². The van der Waals surface area contributed by atoms with Crippen molar-refractivity contribution in [1.82, 2.24) is 5.32 Å². The van der Waals surface area contributed by atoms with E-state index >= 15 is 0 Å². The van der Waals surface area contributed by atoms with Gasteiger partial charge in [-0.25, -0.2) is 0 Å². The minimum Gasteiger partial charge on any atom is -0.314 e. The van der Waals surface area contributed by atoms with Crippen LogP contribution in [-0.4, -0.2) is 12.6 Å². The van der Waals surface area contributed by atoms with E-state index in [-0.39, 0.29) is 0 Å². The lowest BCUT2D eigenvalue weighted by Crippen LogP contribution is -2.30. The number of nitrogens with one attached hydrogen (secondary N) is 1. The first kappa shape index (κ1) is 18.5. The molecule has 0 aliphatic carbocycles. The van der Waals surface area contributed by atoms with E-state index in [1.54, 1.807) is 0 Å². The highest BCUT2D eigenvalue weighted by atomic mass is 35.5. The number of likely N-dealkylation sites (N-methyl/N-ethyl adjacent to an activating group) is 1. The van der Waals surface area contributed by atoms with Gasteiger partial charge in [0.25, 0.3) is 0 Å². The SMILES string of the molecule is CCCCCCCCCC(Cc1ccc(Cl)cc1)NCC. The van der Waals surface area contributed by atoms with Gasteiger partial charge in [0.05, 0.1) is 0 Å². The minimum absolute atomic E-state index is 0.604. The summed E-state index contributed by atoms with van der Waals surface area (Å²) in [5.41, 5.74) is 1.38. The number of benzene rings is 1. The fraction of sp³-hybridized carbons (Fsp3) is 0.684. The number of unbranched alkanes of at least 4 members (excludes halogenated alkanes) is 6. The Labute approximate surface area is 136 Å². The molecule has 2 heteroatoms. The molecule has 0 heterocycles. The number of halogens is 1. The Balaban J connectivity index is 2.21. The first-order chi connectivity index (χ1) is 10.3. The number of rotatable bonds is 12. The average molecular weight is 310 g/mol. The predicted molar refractivity (Wildman–Crippen MR) is 95.2 cm³/mol. The van der Waals surface area contributed by atoms with Crippen molar-refractivity contribution < 1.29 is 0 Å². The van der Waals surface area contributed by atoms with Crippen LogP contribution >= 0.6 is 11.6 Å². The molecule has 1 rings (SSSR count). The van der Waals surface area contributed by atoms with Gasteiger partial charge in [-0.05, 0) is 37.1 Å². The molecule has 0 aliphatic heterocycles. The molecule has 0 aromatic heterocycles. The third kappa shape index (κ3) is 9.16. The smallest absolute Gasteiger partial charge is 0.0406 e. The van der Waals surface area contributed by atoms with Gasteiger partial charge in [0, 0.05) is 11.1 Å². The van der Waals surface area contributed by atoms with Crippen LogP contribution in [0.4, 0.5) is 0 Å². The first-order valence-electron chi connectivity index (χ1n) is 8.74. The summed E-state index contributed by atoms with van der Waals surface area (Å²) < 4.78 is 0. The molecule has 1 aromatic carbocycles. The topological polar surface area (TPSA) is 12.0 Å². The summed E-state index contributed by atoms with van der Waals surface area (Å²) >= 11 is 5.95. The molecule has 0 saturated carbocycles. The normalized spacial score (nSPS) is 12.5. The highest BCUT2D eigenvalue weighted by Crippen LogP contribution is 2.15. The summed E-state index contributed by atoms with van der Waals surface area (Å²) in [6.45, 7) is 5.52. The number of hydrogen-bond acceptors (Lipinski definition) is 1. The Morgan fingerprint density at radius 1 is 0.905 bits per heavy atom. The standard InChI is InChI=1S/C19H32ClN/c1-3-5-6-7-8-9-10-11-19(21-4-2)16-17-12-14-18(20)15-13-17/h12-15,19,21H,3-11,16H2,1-2H3. The lowest BCUT2D eigenvalue weighted by Gasteiger charge is -2.18. The van der Waals surface area contributed by atoms with Crippen molar-refractivity contribution in [2.75, 3.05) is 6.54 Å². The lowest BCUT2D eigenvalue weighted by atomic mass is 9.99. The fourth-order valence-electron chi connectivity index (χ4n) is 2.82. The Morgan fingerprint density at radius 2 is 1.52 bits per heavy atom. The summed E-state index contributed by atoms with van der Waals surface area (Å²) in [5.74, 6) is 0. The van der Waals surface area contributed by atoms with Crippen LogP contribution in [0.5, 0.6) is 0 Å². The van der Waals surface area contributed by atoms with Crippen LogP contribution in [0.3, 0.4) is 0 Å². The van der Waals surface area contributed by atoms with Gasteiger partial charge in [-0.2, -0.15) is 0 Å². The Kier molecular flexibility index (Phi) is 10.6. The maximum Gasteiger partial charge on any atom is 0.0406 e. The van der Waals surface area contributed by atoms with E-state index in [9.17, 15) is 0 Å². The second kappa shape index (κ2) is 12.1. The molecule has 1 atom stereocenters. The molecule has 21 heavy (non-hydrogen) atoms. The molecule has 0 fully saturated rings. The van der Waals surface area contributed by atoms with Gasteiger partial charge in [-0.3, -0.25) is 0 Å². The zero-order valence-corrected chi connectivity index (χ0v) is 14.6. The molecule has 120 valence electrons. The molecule has 0 amide bonds. The maximum atomic E-state index is 5.95. The quantitative estimate of drug-likeness (QED) is 0.467. The molecule has 1 aromatic rings. The Hall–Kier alpha value is -0.530. The largest absolute Gasteiger partial charge is 0.314 e. The summed E-state index contributed by atoms with van der Waals surface area (Å²) in [7, 11) is 0. The summed E-state index contributed by atoms with van der Waals surface area (Å²) in [6, 6.07) is 8.89. The highest BCUT2D eigenvalue weighted by Gasteiger charge is 2.08. The molecule has 0 saturated heterocycles. The van der Waals surface area contributed by atoms with Crippen molar-refractivity contribution in [3.8, 4) is 0 Å². The van der Waals surface area contributed by atoms with Gasteiger partial charge in [0.2, 0.25) is 0 Å². The van der Waals surface area contributed by atoms with Gasteiger partial charge in [0.1, 0.15) is 0 Å². The van der Waals surface area contributed by atoms with Gasteiger partial charge in [-0.1, -0.05) is 82.5 Å². The van der Waals surface area contributed by atoms with Crippen molar-refractivity contribution in [2.24, 2.45) is 0 Å². The van der Waals surface area contributed by atoms with E-state index in [1.165, 1.54) is 56.9 Å². The first-order valence-corrected chi connectivity index (χ1v) is 9.11. The van der Waals surface area contributed by atoms with E-state index in [4.69, 9.17) is 11.6 Å². The van der Waals surface area contributed by atoms with E-state index in [1.807, 2.05) is 12.1 Å². The van der Waals surface area contributed by atoms with Crippen molar-refractivity contribution in [3.05, 3.63) is 34.9 Å². The summed E-state index contributed by atoms with van der Waals surface area (Å²) in [6.07, 6.45) is 12.1. The molecule has 0 radical (unpaired) electrons. The van der Waals surface area contributed by atoms with Crippen LogP contribution in [0, 0.1) is 0 Å². The second-order valence-corrected chi connectivity index (χ2v) is 6.43. The van der Waals surface area contributed by atoms with Crippen LogP contribution in [0.15, 0.2) is 24.3 Å². The molecule has 0 aliphatic rings. The van der Waals surface area contributed by atoms with E-state index in [0.29, 0.717) is 6.04 Å². The minimum atomic E-state index is 0.604. The van der Waals surface area contributed by atoms with Crippen LogP contribution in [0.1, 0.15) is 70.8 Å².